The lowest BCUT2D eigenvalue weighted by Crippen LogP contribution is -2.44. The molecule has 0 radical (unpaired) electrons. The molecule has 3 aliphatic rings. The van der Waals surface area contributed by atoms with Gasteiger partial charge in [-0.3, -0.25) is 0 Å². The van der Waals surface area contributed by atoms with Crippen molar-refractivity contribution >= 4 is 0 Å². The molecule has 0 unspecified atom stereocenters. The minimum atomic E-state index is 0.512. The normalized spacial score (nSPS) is 36.1. The van der Waals surface area contributed by atoms with Gasteiger partial charge in [-0.15, -0.1) is 0 Å². The third-order valence-corrected chi connectivity index (χ3v) is 5.46. The molecule has 2 N–H and O–H groups in total. The summed E-state index contributed by atoms with van der Waals surface area (Å²) in [5.41, 5.74) is 8.49. The third kappa shape index (κ3) is 1.81. The van der Waals surface area contributed by atoms with Crippen LogP contribution < -0.4 is 5.73 Å². The first-order chi connectivity index (χ1) is 8.29. The summed E-state index contributed by atoms with van der Waals surface area (Å²) in [6, 6.07) is 11.2. The van der Waals surface area contributed by atoms with Gasteiger partial charge >= 0.3 is 0 Å². The Labute approximate surface area is 104 Å². The Bertz CT molecular complexity index is 357. The lowest BCUT2D eigenvalue weighted by Gasteiger charge is -2.54. The second-order valence-electron chi connectivity index (χ2n) is 6.19. The molecule has 3 aliphatic carbocycles. The van der Waals surface area contributed by atoms with Crippen LogP contribution in [0.4, 0.5) is 0 Å². The standard InChI is InChI=1S/C16H23N/c17-13-12-15-6-9-16(10-7-15,11-8-15)14-4-2-1-3-5-14/h1-5H,6-13,17H2. The zero-order valence-corrected chi connectivity index (χ0v) is 10.6. The largest absolute Gasteiger partial charge is 0.330 e. The monoisotopic (exact) mass is 229 g/mol. The first-order valence-corrected chi connectivity index (χ1v) is 7.04. The van der Waals surface area contributed by atoms with Gasteiger partial charge in [-0.05, 0) is 67.9 Å². The van der Waals surface area contributed by atoms with Gasteiger partial charge in [-0.25, -0.2) is 0 Å². The van der Waals surface area contributed by atoms with Crippen LogP contribution in [0.5, 0.6) is 0 Å². The van der Waals surface area contributed by atoms with Gasteiger partial charge in [0.05, 0.1) is 0 Å². The van der Waals surface area contributed by atoms with Crippen molar-refractivity contribution < 1.29 is 0 Å². The maximum absolute atomic E-state index is 5.78. The molecular formula is C16H23N. The van der Waals surface area contributed by atoms with Crippen molar-refractivity contribution in [3.63, 3.8) is 0 Å². The van der Waals surface area contributed by atoms with E-state index in [2.05, 4.69) is 30.3 Å². The minimum absolute atomic E-state index is 0.512. The van der Waals surface area contributed by atoms with Crippen LogP contribution in [0.2, 0.25) is 0 Å². The molecule has 1 heteroatoms. The molecule has 1 aromatic carbocycles. The topological polar surface area (TPSA) is 26.0 Å². The van der Waals surface area contributed by atoms with Gasteiger partial charge in [-0.1, -0.05) is 30.3 Å². The van der Waals surface area contributed by atoms with Gasteiger partial charge in [0.1, 0.15) is 0 Å². The van der Waals surface area contributed by atoms with Gasteiger partial charge in [-0.2, -0.15) is 0 Å². The minimum Gasteiger partial charge on any atom is -0.330 e. The smallest absolute Gasteiger partial charge is 0.00464 e. The van der Waals surface area contributed by atoms with Gasteiger partial charge in [0.2, 0.25) is 0 Å². The highest BCUT2D eigenvalue weighted by atomic mass is 14.6. The molecule has 0 saturated heterocycles. The van der Waals surface area contributed by atoms with Gasteiger partial charge in [0.25, 0.3) is 0 Å². The third-order valence-electron chi connectivity index (χ3n) is 5.46. The summed E-state index contributed by atoms with van der Waals surface area (Å²) in [5.74, 6) is 0. The number of rotatable bonds is 3. The highest BCUT2D eigenvalue weighted by Crippen LogP contribution is 2.58. The average Bonchev–Trinajstić information content (AvgIpc) is 2.42. The van der Waals surface area contributed by atoms with E-state index in [-0.39, 0.29) is 0 Å². The maximum Gasteiger partial charge on any atom is -0.00464 e. The number of fused-ring (bicyclic) bond motifs is 3. The molecule has 92 valence electrons. The Morgan fingerprint density at radius 2 is 1.47 bits per heavy atom. The molecule has 0 spiro atoms. The van der Waals surface area contributed by atoms with E-state index >= 15 is 0 Å². The Kier molecular flexibility index (Phi) is 2.74. The SMILES string of the molecule is NCCC12CCC(c3ccccc3)(CC1)CC2. The second kappa shape index (κ2) is 4.13. The predicted molar refractivity (Wildman–Crippen MR) is 71.9 cm³/mol. The van der Waals surface area contributed by atoms with E-state index in [1.54, 1.807) is 5.56 Å². The molecule has 0 atom stereocenters. The van der Waals surface area contributed by atoms with Gasteiger partial charge in [0.15, 0.2) is 0 Å². The molecule has 2 bridgehead atoms. The van der Waals surface area contributed by atoms with Crippen LogP contribution in [-0.2, 0) is 5.41 Å². The summed E-state index contributed by atoms with van der Waals surface area (Å²) in [4.78, 5) is 0. The van der Waals surface area contributed by atoms with Crippen LogP contribution in [0.25, 0.3) is 0 Å². The molecule has 0 aromatic heterocycles. The molecule has 17 heavy (non-hydrogen) atoms. The average molecular weight is 229 g/mol. The van der Waals surface area contributed by atoms with Crippen molar-refractivity contribution in [3.8, 4) is 0 Å². The van der Waals surface area contributed by atoms with Crippen molar-refractivity contribution in [2.45, 2.75) is 50.4 Å². The number of benzene rings is 1. The molecule has 3 saturated carbocycles. The lowest BCUT2D eigenvalue weighted by molar-refractivity contribution is 0.0346. The summed E-state index contributed by atoms with van der Waals surface area (Å²) in [6.07, 6.45) is 9.61. The molecule has 0 heterocycles. The summed E-state index contributed by atoms with van der Waals surface area (Å²) in [5, 5.41) is 0. The van der Waals surface area contributed by atoms with Crippen molar-refractivity contribution in [1.82, 2.24) is 0 Å². The molecular weight excluding hydrogens is 206 g/mol. The highest BCUT2D eigenvalue weighted by molar-refractivity contribution is 5.28. The quantitative estimate of drug-likeness (QED) is 0.841. The van der Waals surface area contributed by atoms with E-state index < -0.39 is 0 Å². The van der Waals surface area contributed by atoms with E-state index in [0.717, 1.165) is 6.54 Å². The maximum atomic E-state index is 5.78. The van der Waals surface area contributed by atoms with Crippen LogP contribution in [0, 0.1) is 5.41 Å². The van der Waals surface area contributed by atoms with Crippen molar-refractivity contribution in [2.24, 2.45) is 11.1 Å². The molecule has 0 aliphatic heterocycles. The highest BCUT2D eigenvalue weighted by Gasteiger charge is 2.48. The molecule has 3 fully saturated rings. The summed E-state index contributed by atoms with van der Waals surface area (Å²) >= 11 is 0. The van der Waals surface area contributed by atoms with E-state index in [9.17, 15) is 0 Å². The Morgan fingerprint density at radius 3 is 2.00 bits per heavy atom. The van der Waals surface area contributed by atoms with Crippen LogP contribution >= 0.6 is 0 Å². The lowest BCUT2D eigenvalue weighted by atomic mass is 9.51. The number of nitrogens with two attached hydrogens (primary N) is 1. The van der Waals surface area contributed by atoms with E-state index in [4.69, 9.17) is 5.73 Å². The molecule has 1 nitrogen and oxygen atoms in total. The van der Waals surface area contributed by atoms with Gasteiger partial charge in [0, 0.05) is 0 Å². The van der Waals surface area contributed by atoms with Crippen LogP contribution in [-0.4, -0.2) is 6.54 Å². The zero-order chi connectivity index (χ0) is 11.8. The van der Waals surface area contributed by atoms with Crippen molar-refractivity contribution in [2.75, 3.05) is 6.54 Å². The van der Waals surface area contributed by atoms with Crippen LogP contribution in [0.15, 0.2) is 30.3 Å². The van der Waals surface area contributed by atoms with Crippen LogP contribution in [0.3, 0.4) is 0 Å². The van der Waals surface area contributed by atoms with E-state index in [1.807, 2.05) is 0 Å². The summed E-state index contributed by atoms with van der Waals surface area (Å²) in [6.45, 7) is 0.873. The Balaban J connectivity index is 1.82. The second-order valence-corrected chi connectivity index (χ2v) is 6.19. The molecule has 4 rings (SSSR count). The van der Waals surface area contributed by atoms with Crippen LogP contribution in [0.1, 0.15) is 50.5 Å². The number of hydrogen-bond donors (Lipinski definition) is 1. The number of hydrogen-bond acceptors (Lipinski definition) is 1. The summed E-state index contributed by atoms with van der Waals surface area (Å²) < 4.78 is 0. The molecule has 0 amide bonds. The molecule has 1 aromatic rings. The van der Waals surface area contributed by atoms with E-state index in [0.29, 0.717) is 10.8 Å². The van der Waals surface area contributed by atoms with Crippen molar-refractivity contribution in [1.29, 1.82) is 0 Å². The first-order valence-electron chi connectivity index (χ1n) is 7.04. The van der Waals surface area contributed by atoms with Gasteiger partial charge < -0.3 is 5.73 Å². The summed E-state index contributed by atoms with van der Waals surface area (Å²) in [7, 11) is 0. The Hall–Kier alpha value is -0.820. The first kappa shape index (κ1) is 11.3. The fourth-order valence-electron chi connectivity index (χ4n) is 4.17. The fraction of sp³-hybridized carbons (Fsp3) is 0.625. The van der Waals surface area contributed by atoms with E-state index in [1.165, 1.54) is 44.9 Å². The Morgan fingerprint density at radius 1 is 0.882 bits per heavy atom. The zero-order valence-electron chi connectivity index (χ0n) is 10.6. The van der Waals surface area contributed by atoms with Crippen molar-refractivity contribution in [3.05, 3.63) is 35.9 Å². The predicted octanol–water partition coefficient (Wildman–Crippen LogP) is 3.63. The fourth-order valence-corrected chi connectivity index (χ4v) is 4.17.